The average molecular weight is 298 g/mol. The van der Waals surface area contributed by atoms with Gasteiger partial charge in [0.15, 0.2) is 0 Å². The first-order chi connectivity index (χ1) is 10.6. The molecule has 22 heavy (non-hydrogen) atoms. The number of hydrogen-bond donors (Lipinski definition) is 2. The van der Waals surface area contributed by atoms with E-state index in [9.17, 15) is 5.11 Å². The van der Waals surface area contributed by atoms with E-state index in [-0.39, 0.29) is 0 Å². The highest BCUT2D eigenvalue weighted by Crippen LogP contribution is 2.24. The van der Waals surface area contributed by atoms with Gasteiger partial charge in [-0.1, -0.05) is 12.1 Å². The van der Waals surface area contributed by atoms with Crippen LogP contribution >= 0.6 is 0 Å². The molecule has 116 valence electrons. The second-order valence-electron chi connectivity index (χ2n) is 5.80. The number of benzene rings is 1. The fourth-order valence-electron chi connectivity index (χ4n) is 2.96. The van der Waals surface area contributed by atoms with Gasteiger partial charge in [0.2, 0.25) is 0 Å². The molecule has 5 nitrogen and oxygen atoms in total. The van der Waals surface area contributed by atoms with Gasteiger partial charge in [0.25, 0.3) is 0 Å². The zero-order chi connectivity index (χ0) is 15.5. The first-order valence-electron chi connectivity index (χ1n) is 7.69. The van der Waals surface area contributed by atoms with Crippen LogP contribution in [0.15, 0.2) is 24.3 Å². The second kappa shape index (κ2) is 6.32. The van der Waals surface area contributed by atoms with Gasteiger partial charge in [-0.3, -0.25) is 0 Å². The quantitative estimate of drug-likeness (QED) is 0.905. The Labute approximate surface area is 131 Å². The number of aromatic hydroxyl groups is 1. The molecule has 2 heterocycles. The number of anilines is 1. The highest BCUT2D eigenvalue weighted by atomic mass is 16.3. The third-order valence-electron chi connectivity index (χ3n) is 3.96. The molecule has 2 aromatic rings. The van der Waals surface area contributed by atoms with Crippen molar-refractivity contribution in [3.63, 3.8) is 0 Å². The van der Waals surface area contributed by atoms with Crippen LogP contribution in [0.1, 0.15) is 22.6 Å². The Morgan fingerprint density at radius 2 is 2.05 bits per heavy atom. The van der Waals surface area contributed by atoms with E-state index >= 15 is 0 Å². The van der Waals surface area contributed by atoms with Crippen molar-refractivity contribution in [2.45, 2.75) is 26.3 Å². The fourth-order valence-corrected chi connectivity index (χ4v) is 2.96. The average Bonchev–Trinajstić information content (AvgIpc) is 2.71. The number of nitrogens with zero attached hydrogens (tertiary/aromatic N) is 3. The Bertz CT molecular complexity index is 672. The molecular formula is C17H22N4O. The first-order valence-corrected chi connectivity index (χ1v) is 7.69. The molecule has 1 aliphatic rings. The van der Waals surface area contributed by atoms with Gasteiger partial charge >= 0.3 is 0 Å². The second-order valence-corrected chi connectivity index (χ2v) is 5.80. The molecule has 3 rings (SSSR count). The lowest BCUT2D eigenvalue weighted by atomic mass is 10.1. The van der Waals surface area contributed by atoms with Crippen LogP contribution in [0.5, 0.6) is 5.75 Å². The predicted octanol–water partition coefficient (Wildman–Crippen LogP) is 1.82. The van der Waals surface area contributed by atoms with Crippen molar-refractivity contribution in [1.29, 1.82) is 0 Å². The van der Waals surface area contributed by atoms with E-state index in [4.69, 9.17) is 0 Å². The van der Waals surface area contributed by atoms with Gasteiger partial charge < -0.3 is 15.3 Å². The molecule has 0 aliphatic carbocycles. The Kier molecular flexibility index (Phi) is 4.24. The van der Waals surface area contributed by atoms with Gasteiger partial charge in [-0.25, -0.2) is 9.97 Å². The van der Waals surface area contributed by atoms with Crippen molar-refractivity contribution in [3.05, 3.63) is 46.9 Å². The van der Waals surface area contributed by atoms with E-state index in [2.05, 4.69) is 20.2 Å². The molecule has 0 radical (unpaired) electrons. The van der Waals surface area contributed by atoms with E-state index in [1.165, 1.54) is 5.56 Å². The Morgan fingerprint density at radius 1 is 1.23 bits per heavy atom. The minimum Gasteiger partial charge on any atom is -0.508 e. The van der Waals surface area contributed by atoms with Crippen LogP contribution in [0.3, 0.4) is 0 Å². The summed E-state index contributed by atoms with van der Waals surface area (Å²) in [5.74, 6) is 2.13. The van der Waals surface area contributed by atoms with Gasteiger partial charge in [0.1, 0.15) is 17.4 Å². The zero-order valence-electron chi connectivity index (χ0n) is 13.1. The SMILES string of the molecule is Cc1nc2c(c(N(C)Cc3cccc(O)c3)n1)CCNCC2. The van der Waals surface area contributed by atoms with E-state index in [0.717, 1.165) is 48.8 Å². The first kappa shape index (κ1) is 14.8. The third-order valence-corrected chi connectivity index (χ3v) is 3.96. The van der Waals surface area contributed by atoms with Crippen molar-refractivity contribution < 1.29 is 5.11 Å². The van der Waals surface area contributed by atoms with Crippen LogP contribution in [-0.2, 0) is 19.4 Å². The number of hydrogen-bond acceptors (Lipinski definition) is 5. The maximum Gasteiger partial charge on any atom is 0.135 e. The molecular weight excluding hydrogens is 276 g/mol. The Morgan fingerprint density at radius 3 is 2.86 bits per heavy atom. The van der Waals surface area contributed by atoms with Crippen LogP contribution in [-0.4, -0.2) is 35.2 Å². The van der Waals surface area contributed by atoms with E-state index < -0.39 is 0 Å². The van der Waals surface area contributed by atoms with Gasteiger partial charge in [0, 0.05) is 32.1 Å². The summed E-state index contributed by atoms with van der Waals surface area (Å²) >= 11 is 0. The maximum absolute atomic E-state index is 9.62. The molecule has 0 unspecified atom stereocenters. The lowest BCUT2D eigenvalue weighted by molar-refractivity contribution is 0.474. The highest BCUT2D eigenvalue weighted by molar-refractivity contribution is 5.50. The Balaban J connectivity index is 1.91. The lowest BCUT2D eigenvalue weighted by Crippen LogP contribution is -2.22. The minimum absolute atomic E-state index is 0.299. The minimum atomic E-state index is 0.299. The molecule has 0 atom stereocenters. The number of phenolic OH excluding ortho intramolecular Hbond substituents is 1. The van der Waals surface area contributed by atoms with Crippen molar-refractivity contribution >= 4 is 5.82 Å². The summed E-state index contributed by atoms with van der Waals surface area (Å²) in [7, 11) is 2.05. The lowest BCUT2D eigenvalue weighted by Gasteiger charge is -2.23. The monoisotopic (exact) mass is 298 g/mol. The molecule has 2 N–H and O–H groups in total. The molecule has 1 aliphatic heterocycles. The Hall–Kier alpha value is -2.14. The summed E-state index contributed by atoms with van der Waals surface area (Å²) in [5.41, 5.74) is 3.48. The van der Waals surface area contributed by atoms with Crippen molar-refractivity contribution in [3.8, 4) is 5.75 Å². The molecule has 1 aromatic carbocycles. The summed E-state index contributed by atoms with van der Waals surface area (Å²) in [5, 5.41) is 13.0. The smallest absolute Gasteiger partial charge is 0.135 e. The van der Waals surface area contributed by atoms with Gasteiger partial charge in [-0.15, -0.1) is 0 Å². The van der Waals surface area contributed by atoms with Gasteiger partial charge in [-0.2, -0.15) is 0 Å². The molecule has 0 saturated heterocycles. The third kappa shape index (κ3) is 3.20. The molecule has 0 saturated carbocycles. The summed E-state index contributed by atoms with van der Waals surface area (Å²) in [6, 6.07) is 7.37. The summed E-state index contributed by atoms with van der Waals surface area (Å²) < 4.78 is 0. The highest BCUT2D eigenvalue weighted by Gasteiger charge is 2.18. The molecule has 0 spiro atoms. The number of fused-ring (bicyclic) bond motifs is 1. The number of rotatable bonds is 3. The van der Waals surface area contributed by atoms with E-state index in [1.54, 1.807) is 12.1 Å². The molecule has 1 aromatic heterocycles. The van der Waals surface area contributed by atoms with Gasteiger partial charge in [-0.05, 0) is 37.6 Å². The van der Waals surface area contributed by atoms with E-state index in [0.29, 0.717) is 12.3 Å². The maximum atomic E-state index is 9.62. The number of aromatic nitrogens is 2. The van der Waals surface area contributed by atoms with Crippen LogP contribution in [0.25, 0.3) is 0 Å². The van der Waals surface area contributed by atoms with Crippen LogP contribution in [0, 0.1) is 6.92 Å². The summed E-state index contributed by atoms with van der Waals surface area (Å²) in [4.78, 5) is 11.4. The summed E-state index contributed by atoms with van der Waals surface area (Å²) in [6.07, 6.45) is 1.90. The van der Waals surface area contributed by atoms with Crippen molar-refractivity contribution in [2.24, 2.45) is 0 Å². The van der Waals surface area contributed by atoms with Crippen LogP contribution < -0.4 is 10.2 Å². The molecule has 5 heteroatoms. The molecule has 0 fully saturated rings. The van der Waals surface area contributed by atoms with Gasteiger partial charge in [0.05, 0.1) is 5.69 Å². The van der Waals surface area contributed by atoms with Crippen LogP contribution in [0.2, 0.25) is 0 Å². The molecule has 0 amide bonds. The van der Waals surface area contributed by atoms with E-state index in [1.807, 2.05) is 26.1 Å². The van der Waals surface area contributed by atoms with Crippen molar-refractivity contribution in [1.82, 2.24) is 15.3 Å². The largest absolute Gasteiger partial charge is 0.508 e. The molecule has 0 bridgehead atoms. The summed E-state index contributed by atoms with van der Waals surface area (Å²) in [6.45, 7) is 4.60. The topological polar surface area (TPSA) is 61.3 Å². The standard InChI is InChI=1S/C17H22N4O/c1-12-19-16-7-9-18-8-6-15(16)17(20-12)21(2)11-13-4-3-5-14(22)10-13/h3-5,10,18,22H,6-9,11H2,1-2H3. The normalized spacial score (nSPS) is 14.3. The van der Waals surface area contributed by atoms with Crippen LogP contribution in [0.4, 0.5) is 5.82 Å². The number of phenols is 1. The zero-order valence-corrected chi connectivity index (χ0v) is 13.1. The predicted molar refractivity (Wildman–Crippen MR) is 87.3 cm³/mol. The number of aryl methyl sites for hydroxylation is 1. The van der Waals surface area contributed by atoms with Crippen molar-refractivity contribution in [2.75, 3.05) is 25.0 Å². The number of nitrogens with one attached hydrogen (secondary N) is 1. The fraction of sp³-hybridized carbons (Fsp3) is 0.412.